The highest BCUT2D eigenvalue weighted by molar-refractivity contribution is 5.66. The van der Waals surface area contributed by atoms with Crippen LogP contribution in [0.3, 0.4) is 0 Å². The highest BCUT2D eigenvalue weighted by Crippen LogP contribution is 2.35. The zero-order valence-corrected chi connectivity index (χ0v) is 16.1. The normalized spacial score (nSPS) is 11.5. The van der Waals surface area contributed by atoms with Gasteiger partial charge in [-0.15, -0.1) is 0 Å². The Hall–Kier alpha value is -1.76. The highest BCUT2D eigenvalue weighted by Gasteiger charge is 2.24. The Morgan fingerprint density at radius 3 is 1.65 bits per heavy atom. The average molecular weight is 312 g/mol. The number of hydrogen-bond donors (Lipinski definition) is 0. The molecule has 2 aromatic rings. The maximum atomic E-state index is 2.40. The van der Waals surface area contributed by atoms with Crippen LogP contribution < -0.4 is 4.90 Å². The van der Waals surface area contributed by atoms with Crippen LogP contribution in [0.5, 0.6) is 0 Å². The first-order chi connectivity index (χ1) is 10.7. The van der Waals surface area contributed by atoms with E-state index in [1.165, 1.54) is 16.9 Å². The van der Waals surface area contributed by atoms with E-state index < -0.39 is 0 Å². The van der Waals surface area contributed by atoms with Gasteiger partial charge in [-0.05, 0) is 56.0 Å². The van der Waals surface area contributed by atoms with E-state index in [1.54, 1.807) is 0 Å². The van der Waals surface area contributed by atoms with Gasteiger partial charge in [0.05, 0.1) is 0 Å². The molecule has 1 nitrogen and oxygen atoms in total. The molecule has 0 bridgehead atoms. The molecule has 23 heavy (non-hydrogen) atoms. The summed E-state index contributed by atoms with van der Waals surface area (Å²) in [5.41, 5.74) is 4.04. The second-order valence-electron chi connectivity index (χ2n) is 7.64. The van der Waals surface area contributed by atoms with Crippen molar-refractivity contribution in [3.05, 3.63) is 60.2 Å². The molecule has 2 rings (SSSR count). The second kappa shape index (κ2) is 7.68. The minimum Gasteiger partial charge on any atom is -0.336 e. The molecule has 0 amide bonds. The summed E-state index contributed by atoms with van der Waals surface area (Å²) < 4.78 is 0. The van der Waals surface area contributed by atoms with Crippen molar-refractivity contribution < 1.29 is 0 Å². The van der Waals surface area contributed by atoms with Crippen LogP contribution in [0, 0.1) is 0 Å². The summed E-state index contributed by atoms with van der Waals surface area (Å²) in [4.78, 5) is 2.40. The molecule has 0 aliphatic heterocycles. The molecule has 0 spiro atoms. The van der Waals surface area contributed by atoms with Gasteiger partial charge < -0.3 is 4.90 Å². The van der Waals surface area contributed by atoms with Crippen LogP contribution in [-0.2, 0) is 5.41 Å². The third-order valence-corrected chi connectivity index (χ3v) is 3.66. The van der Waals surface area contributed by atoms with Gasteiger partial charge in [0.2, 0.25) is 0 Å². The number of benzene rings is 2. The molecular weight excluding hydrogens is 278 g/mol. The molecule has 0 heterocycles. The van der Waals surface area contributed by atoms with Gasteiger partial charge in [-0.1, -0.05) is 65.0 Å². The van der Waals surface area contributed by atoms with E-state index in [0.29, 0.717) is 0 Å². The van der Waals surface area contributed by atoms with Gasteiger partial charge in [0.25, 0.3) is 0 Å². The Morgan fingerprint density at radius 1 is 0.652 bits per heavy atom. The first-order valence-corrected chi connectivity index (χ1v) is 8.65. The van der Waals surface area contributed by atoms with Gasteiger partial charge in [0.1, 0.15) is 0 Å². The first-order valence-electron chi connectivity index (χ1n) is 8.65. The lowest BCUT2D eigenvalue weighted by Crippen LogP contribution is -2.37. The predicted molar refractivity (Wildman–Crippen MR) is 105 cm³/mol. The molecule has 0 radical (unpaired) electrons. The minimum absolute atomic E-state index is 0.0257. The molecule has 0 aliphatic rings. The molecule has 0 aliphatic carbocycles. The highest BCUT2D eigenvalue weighted by atomic mass is 15.2. The van der Waals surface area contributed by atoms with E-state index in [-0.39, 0.29) is 11.0 Å². The lowest BCUT2D eigenvalue weighted by atomic mass is 9.86. The van der Waals surface area contributed by atoms with E-state index in [1.807, 2.05) is 13.8 Å². The van der Waals surface area contributed by atoms with Crippen LogP contribution in [-0.4, -0.2) is 5.54 Å². The zero-order chi connectivity index (χ0) is 17.7. The van der Waals surface area contributed by atoms with Gasteiger partial charge >= 0.3 is 0 Å². The third-order valence-electron chi connectivity index (χ3n) is 3.66. The average Bonchev–Trinajstić information content (AvgIpc) is 2.49. The fourth-order valence-electron chi connectivity index (χ4n) is 2.61. The van der Waals surface area contributed by atoms with Gasteiger partial charge in [-0.3, -0.25) is 0 Å². The topological polar surface area (TPSA) is 3.24 Å². The van der Waals surface area contributed by atoms with Gasteiger partial charge in [0, 0.05) is 16.9 Å². The first kappa shape index (κ1) is 19.3. The van der Waals surface area contributed by atoms with Crippen molar-refractivity contribution in [2.24, 2.45) is 0 Å². The monoisotopic (exact) mass is 311 g/mol. The minimum atomic E-state index is 0.0257. The molecule has 0 saturated carbocycles. The summed E-state index contributed by atoms with van der Waals surface area (Å²) in [6.45, 7) is 17.5. The molecule has 0 atom stereocenters. The summed E-state index contributed by atoms with van der Waals surface area (Å²) in [7, 11) is 0. The van der Waals surface area contributed by atoms with Crippen LogP contribution in [0.25, 0.3) is 0 Å². The number of nitrogens with zero attached hydrogens (tertiary/aromatic N) is 1. The lowest BCUT2D eigenvalue weighted by molar-refractivity contribution is 0.557. The smallest absolute Gasteiger partial charge is 0.0418 e. The lowest BCUT2D eigenvalue weighted by Gasteiger charge is -2.38. The van der Waals surface area contributed by atoms with Crippen molar-refractivity contribution in [3.8, 4) is 0 Å². The molecule has 0 N–H and O–H groups in total. The number of anilines is 2. The maximum absolute atomic E-state index is 2.40. The molecule has 0 fully saturated rings. The zero-order valence-electron chi connectivity index (χ0n) is 16.1. The molecule has 126 valence electrons. The summed E-state index contributed by atoms with van der Waals surface area (Å²) in [6, 6.07) is 19.5. The molecule has 1 heteroatoms. The Labute approximate surface area is 143 Å². The fourth-order valence-corrected chi connectivity index (χ4v) is 2.61. The SMILES string of the molecule is CC.CC(C)(C)c1cccc(N(c2ccccc2)C(C)(C)C)c1. The van der Waals surface area contributed by atoms with Crippen LogP contribution in [0.4, 0.5) is 11.4 Å². The molecular formula is C22H33N. The summed E-state index contributed by atoms with van der Waals surface area (Å²) in [5.74, 6) is 0. The molecule has 0 aromatic heterocycles. The summed E-state index contributed by atoms with van der Waals surface area (Å²) >= 11 is 0. The van der Waals surface area contributed by atoms with Crippen molar-refractivity contribution in [3.63, 3.8) is 0 Å². The number of rotatable bonds is 2. The Kier molecular flexibility index (Phi) is 6.44. The van der Waals surface area contributed by atoms with E-state index >= 15 is 0 Å². The largest absolute Gasteiger partial charge is 0.336 e. The Bertz CT molecular complexity index is 585. The maximum Gasteiger partial charge on any atom is 0.0418 e. The summed E-state index contributed by atoms with van der Waals surface area (Å²) in [6.07, 6.45) is 0. The van der Waals surface area contributed by atoms with Crippen LogP contribution in [0.15, 0.2) is 54.6 Å². The van der Waals surface area contributed by atoms with Crippen LogP contribution >= 0.6 is 0 Å². The van der Waals surface area contributed by atoms with Crippen molar-refractivity contribution in [1.82, 2.24) is 0 Å². The van der Waals surface area contributed by atoms with Crippen LogP contribution in [0.1, 0.15) is 61.0 Å². The van der Waals surface area contributed by atoms with Crippen molar-refractivity contribution in [2.45, 2.75) is 66.3 Å². The van der Waals surface area contributed by atoms with E-state index in [9.17, 15) is 0 Å². The second-order valence-corrected chi connectivity index (χ2v) is 7.64. The van der Waals surface area contributed by atoms with Gasteiger partial charge in [-0.2, -0.15) is 0 Å². The molecule has 0 unspecified atom stereocenters. The standard InChI is InChI=1S/C20H27N.C2H6/c1-19(2,3)16-11-10-14-18(15-16)21(20(4,5)6)17-12-8-7-9-13-17;1-2/h7-15H,1-6H3;1-2H3. The molecule has 2 aromatic carbocycles. The Balaban J connectivity index is 0.00000127. The van der Waals surface area contributed by atoms with E-state index in [0.717, 1.165) is 0 Å². The Morgan fingerprint density at radius 2 is 1.17 bits per heavy atom. The summed E-state index contributed by atoms with van der Waals surface area (Å²) in [5, 5.41) is 0. The fraction of sp³-hybridized carbons (Fsp3) is 0.455. The van der Waals surface area contributed by atoms with Gasteiger partial charge in [0.15, 0.2) is 0 Å². The van der Waals surface area contributed by atoms with E-state index in [2.05, 4.69) is 101 Å². The van der Waals surface area contributed by atoms with Crippen molar-refractivity contribution in [2.75, 3.05) is 4.90 Å². The third kappa shape index (κ3) is 5.13. The van der Waals surface area contributed by atoms with Gasteiger partial charge in [-0.25, -0.2) is 0 Å². The predicted octanol–water partition coefficient (Wildman–Crippen LogP) is 6.95. The van der Waals surface area contributed by atoms with E-state index in [4.69, 9.17) is 0 Å². The molecule has 0 saturated heterocycles. The number of hydrogen-bond acceptors (Lipinski definition) is 1. The number of para-hydroxylation sites is 1. The van der Waals surface area contributed by atoms with Crippen molar-refractivity contribution >= 4 is 11.4 Å². The van der Waals surface area contributed by atoms with Crippen LogP contribution in [0.2, 0.25) is 0 Å². The quantitative estimate of drug-likeness (QED) is 0.580. The van der Waals surface area contributed by atoms with Crippen molar-refractivity contribution in [1.29, 1.82) is 0 Å².